The van der Waals surface area contributed by atoms with Crippen molar-refractivity contribution >= 4 is 0 Å². The summed E-state index contributed by atoms with van der Waals surface area (Å²) in [5.74, 6) is 2.16. The number of aromatic nitrogens is 4. The summed E-state index contributed by atoms with van der Waals surface area (Å²) < 4.78 is 0. The van der Waals surface area contributed by atoms with Gasteiger partial charge in [0.1, 0.15) is 0 Å². The maximum absolute atomic E-state index is 5.24. The van der Waals surface area contributed by atoms with Gasteiger partial charge in [0.2, 0.25) is 0 Å². The fraction of sp³-hybridized carbons (Fsp3) is 0.515. The minimum atomic E-state index is 0.0258. The van der Waals surface area contributed by atoms with E-state index in [2.05, 4.69) is 106 Å². The van der Waals surface area contributed by atoms with Crippen molar-refractivity contribution in [1.82, 2.24) is 19.9 Å². The topological polar surface area (TPSA) is 51.6 Å². The van der Waals surface area contributed by atoms with Gasteiger partial charge in [0.05, 0.1) is 5.69 Å². The number of aryl methyl sites for hydroxylation is 5. The molecule has 9 rings (SSSR count). The molecule has 0 amide bonds. The van der Waals surface area contributed by atoms with Crippen LogP contribution < -0.4 is 0 Å². The fourth-order valence-electron chi connectivity index (χ4n) is 12.5. The third kappa shape index (κ3) is 12.2. The molecule has 70 heavy (non-hydrogen) atoms. The molecular weight excluding hydrogens is 849 g/mol. The highest BCUT2D eigenvalue weighted by atomic mass is 15.0. The number of fused-ring (bicyclic) bond motifs is 5. The summed E-state index contributed by atoms with van der Waals surface area (Å²) in [6, 6.07) is 32.8. The Bertz CT molecular complexity index is 2520. The molecule has 2 aromatic heterocycles. The zero-order valence-corrected chi connectivity index (χ0v) is 43.7. The maximum atomic E-state index is 5.24. The van der Waals surface area contributed by atoms with Crippen molar-refractivity contribution in [3.05, 3.63) is 130 Å². The summed E-state index contributed by atoms with van der Waals surface area (Å²) in [6.45, 7) is 6.93. The average molecular weight is 933 g/mol. The van der Waals surface area contributed by atoms with Crippen molar-refractivity contribution in [3.63, 3.8) is 0 Å². The largest absolute Gasteiger partial charge is 0.255 e. The predicted octanol–water partition coefficient (Wildman–Crippen LogP) is 18.9. The highest BCUT2D eigenvalue weighted by Crippen LogP contribution is 2.55. The Hall–Kier alpha value is -4.96. The van der Waals surface area contributed by atoms with Gasteiger partial charge in [0.15, 0.2) is 17.5 Å². The Kier molecular flexibility index (Phi) is 17.8. The second-order valence-electron chi connectivity index (χ2n) is 21.9. The monoisotopic (exact) mass is 933 g/mol. The molecule has 0 radical (unpaired) electrons. The summed E-state index contributed by atoms with van der Waals surface area (Å²) in [4.78, 5) is 20.8. The molecular formula is C66H84N4. The van der Waals surface area contributed by atoms with E-state index in [4.69, 9.17) is 19.9 Å². The zero-order chi connectivity index (χ0) is 48.0. The smallest absolute Gasteiger partial charge is 0.165 e. The first-order valence-corrected chi connectivity index (χ1v) is 28.8. The molecule has 3 aliphatic rings. The number of benzene rings is 4. The van der Waals surface area contributed by atoms with E-state index in [9.17, 15) is 0 Å². The number of unbranched alkanes of at least 4 members (excludes halogenated alkanes) is 18. The summed E-state index contributed by atoms with van der Waals surface area (Å²) in [6.07, 6.45) is 41.4. The van der Waals surface area contributed by atoms with E-state index in [1.165, 1.54) is 217 Å². The molecule has 0 saturated carbocycles. The molecule has 368 valence electrons. The Morgan fingerprint density at radius 2 is 0.800 bits per heavy atom. The zero-order valence-electron chi connectivity index (χ0n) is 43.7. The average Bonchev–Trinajstić information content (AvgIpc) is 3.66. The third-order valence-corrected chi connectivity index (χ3v) is 16.6. The molecule has 4 nitrogen and oxygen atoms in total. The van der Waals surface area contributed by atoms with Crippen LogP contribution in [0.15, 0.2) is 91.1 Å². The van der Waals surface area contributed by atoms with E-state index < -0.39 is 0 Å². The standard InChI is InChI=1S/C66H84N4/c1-4-6-8-10-12-14-16-18-20-26-42-66(43-27-21-19-17-15-13-11-9-7-5-2)60-44-49(3)32-39-58(60)59-40-37-54(47-61(59)66)62-41-38-57(48-67-62)65-69-63(55-35-33-50-28-22-24-30-52(50)45-55)68-64(70-65)56-36-34-51-29-23-25-31-53(51)46-56/h32-41,44-48H,4-31,42-43H2,1-3H3. The quantitative estimate of drug-likeness (QED) is 0.0509. The van der Waals surface area contributed by atoms with Crippen molar-refractivity contribution in [1.29, 1.82) is 0 Å². The lowest BCUT2D eigenvalue weighted by atomic mass is 9.70. The number of hydrogen-bond acceptors (Lipinski definition) is 4. The number of nitrogens with zero attached hydrogens (tertiary/aromatic N) is 4. The van der Waals surface area contributed by atoms with Gasteiger partial charge in [-0.05, 0) is 146 Å². The van der Waals surface area contributed by atoms with E-state index in [0.717, 1.165) is 59.7 Å². The van der Waals surface area contributed by atoms with E-state index >= 15 is 0 Å². The molecule has 0 N–H and O–H groups in total. The Morgan fingerprint density at radius 1 is 0.386 bits per heavy atom. The van der Waals surface area contributed by atoms with Gasteiger partial charge in [-0.1, -0.05) is 202 Å². The summed E-state index contributed by atoms with van der Waals surface area (Å²) in [5.41, 5.74) is 18.5. The second-order valence-corrected chi connectivity index (χ2v) is 21.9. The van der Waals surface area contributed by atoms with Crippen LogP contribution in [0, 0.1) is 6.92 Å². The van der Waals surface area contributed by atoms with Crippen molar-refractivity contribution in [2.45, 2.75) is 219 Å². The molecule has 6 aromatic rings. The van der Waals surface area contributed by atoms with Crippen molar-refractivity contribution < 1.29 is 0 Å². The van der Waals surface area contributed by atoms with E-state index in [1.807, 2.05) is 6.20 Å². The van der Waals surface area contributed by atoms with Crippen LogP contribution in [0.2, 0.25) is 0 Å². The maximum Gasteiger partial charge on any atom is 0.165 e. The molecule has 4 heteroatoms. The lowest BCUT2D eigenvalue weighted by molar-refractivity contribution is 0.397. The molecule has 3 aliphatic carbocycles. The molecule has 0 aliphatic heterocycles. The van der Waals surface area contributed by atoms with Crippen LogP contribution in [0.5, 0.6) is 0 Å². The van der Waals surface area contributed by atoms with Gasteiger partial charge in [-0.25, -0.2) is 15.0 Å². The van der Waals surface area contributed by atoms with Crippen LogP contribution in [0.25, 0.3) is 56.5 Å². The highest BCUT2D eigenvalue weighted by molar-refractivity contribution is 5.84. The first-order valence-electron chi connectivity index (χ1n) is 28.8. The van der Waals surface area contributed by atoms with Gasteiger partial charge in [-0.2, -0.15) is 0 Å². The molecule has 0 bridgehead atoms. The van der Waals surface area contributed by atoms with Crippen LogP contribution in [0.3, 0.4) is 0 Å². The van der Waals surface area contributed by atoms with Crippen molar-refractivity contribution in [2.24, 2.45) is 0 Å². The van der Waals surface area contributed by atoms with E-state index in [1.54, 1.807) is 5.56 Å². The van der Waals surface area contributed by atoms with Crippen molar-refractivity contribution in [2.75, 3.05) is 0 Å². The Morgan fingerprint density at radius 3 is 1.29 bits per heavy atom. The summed E-state index contributed by atoms with van der Waals surface area (Å²) in [5, 5.41) is 0. The van der Waals surface area contributed by atoms with Gasteiger partial charge >= 0.3 is 0 Å². The van der Waals surface area contributed by atoms with Crippen LogP contribution >= 0.6 is 0 Å². The van der Waals surface area contributed by atoms with Crippen LogP contribution in [0.1, 0.15) is 220 Å². The molecule has 2 heterocycles. The highest BCUT2D eigenvalue weighted by Gasteiger charge is 2.42. The number of pyridine rings is 1. The van der Waals surface area contributed by atoms with Gasteiger partial charge in [-0.15, -0.1) is 0 Å². The SMILES string of the molecule is CCCCCCCCCCCCC1(CCCCCCCCCCCC)c2cc(C)ccc2-c2ccc(-c3ccc(-c4nc(-c5ccc6c(c5)CCCC6)nc(-c5ccc6c(c5)CCCC6)n4)cn3)cc21. The van der Waals surface area contributed by atoms with E-state index in [0.29, 0.717) is 5.82 Å². The fourth-order valence-corrected chi connectivity index (χ4v) is 12.5. The first-order chi connectivity index (χ1) is 34.5. The van der Waals surface area contributed by atoms with Crippen LogP contribution in [-0.4, -0.2) is 19.9 Å². The Balaban J connectivity index is 0.990. The lowest BCUT2D eigenvalue weighted by Gasteiger charge is -2.33. The Labute approximate surface area is 423 Å². The van der Waals surface area contributed by atoms with Gasteiger partial charge in [-0.3, -0.25) is 4.98 Å². The molecule has 0 saturated heterocycles. The normalized spacial score (nSPS) is 14.6. The van der Waals surface area contributed by atoms with Crippen LogP contribution in [0.4, 0.5) is 0 Å². The molecule has 4 aromatic carbocycles. The van der Waals surface area contributed by atoms with Gasteiger partial charge in [0.25, 0.3) is 0 Å². The van der Waals surface area contributed by atoms with Crippen molar-refractivity contribution in [3.8, 4) is 56.5 Å². The van der Waals surface area contributed by atoms with E-state index in [-0.39, 0.29) is 5.41 Å². The molecule has 0 spiro atoms. The third-order valence-electron chi connectivity index (χ3n) is 16.6. The number of hydrogen-bond donors (Lipinski definition) is 0. The van der Waals surface area contributed by atoms with Crippen LogP contribution in [-0.2, 0) is 31.1 Å². The minimum Gasteiger partial charge on any atom is -0.255 e. The number of rotatable bonds is 26. The molecule has 0 fully saturated rings. The lowest BCUT2D eigenvalue weighted by Crippen LogP contribution is -2.25. The summed E-state index contributed by atoms with van der Waals surface area (Å²) in [7, 11) is 0. The second kappa shape index (κ2) is 24.9. The first kappa shape index (κ1) is 50.0. The van der Waals surface area contributed by atoms with Gasteiger partial charge in [0, 0.05) is 33.9 Å². The molecule has 0 unspecified atom stereocenters. The molecule has 0 atom stereocenters. The summed E-state index contributed by atoms with van der Waals surface area (Å²) >= 11 is 0. The minimum absolute atomic E-state index is 0.0258. The predicted molar refractivity (Wildman–Crippen MR) is 297 cm³/mol. The van der Waals surface area contributed by atoms with Gasteiger partial charge < -0.3 is 0 Å².